The van der Waals surface area contributed by atoms with E-state index in [4.69, 9.17) is 21.7 Å². The van der Waals surface area contributed by atoms with E-state index in [0.29, 0.717) is 36.2 Å². The highest BCUT2D eigenvalue weighted by molar-refractivity contribution is 7.80. The summed E-state index contributed by atoms with van der Waals surface area (Å²) in [5, 5.41) is 5.87. The number of hydrogen-bond acceptors (Lipinski definition) is 4. The molecule has 0 heterocycles. The zero-order valence-corrected chi connectivity index (χ0v) is 17.1. The molecule has 0 saturated heterocycles. The number of anilines is 1. The Hall–Kier alpha value is -2.86. The standard InChI is InChI=1S/C22H26N2O3S/c1-4-12-26-20-10-6-8-18(15-20)23-22(28)24-21(25)17-7-5-9-19(14-17)27-13-11-16(2)3/h4-10,14-16H,1,11-13H2,2-3H3,(H2,23,24,25,28). The molecule has 0 aliphatic carbocycles. The Balaban J connectivity index is 1.91. The number of carbonyl (C=O) groups excluding carboxylic acids is 1. The summed E-state index contributed by atoms with van der Waals surface area (Å²) in [6, 6.07) is 14.4. The highest BCUT2D eigenvalue weighted by Crippen LogP contribution is 2.18. The van der Waals surface area contributed by atoms with Gasteiger partial charge in [-0.05, 0) is 54.9 Å². The van der Waals surface area contributed by atoms with Crippen LogP contribution in [0.5, 0.6) is 11.5 Å². The number of hydrogen-bond donors (Lipinski definition) is 2. The van der Waals surface area contributed by atoms with Gasteiger partial charge in [-0.25, -0.2) is 0 Å². The van der Waals surface area contributed by atoms with Gasteiger partial charge in [0.2, 0.25) is 0 Å². The van der Waals surface area contributed by atoms with Crippen LogP contribution in [0.2, 0.25) is 0 Å². The highest BCUT2D eigenvalue weighted by Gasteiger charge is 2.10. The quantitative estimate of drug-likeness (QED) is 0.469. The highest BCUT2D eigenvalue weighted by atomic mass is 32.1. The molecule has 6 heteroatoms. The summed E-state index contributed by atoms with van der Waals surface area (Å²) in [5.74, 6) is 1.62. The number of carbonyl (C=O) groups is 1. The lowest BCUT2D eigenvalue weighted by Crippen LogP contribution is -2.34. The Morgan fingerprint density at radius 1 is 1.14 bits per heavy atom. The van der Waals surface area contributed by atoms with Crippen LogP contribution in [0.15, 0.2) is 61.2 Å². The molecule has 28 heavy (non-hydrogen) atoms. The Bertz CT molecular complexity index is 821. The van der Waals surface area contributed by atoms with Crippen LogP contribution in [0.3, 0.4) is 0 Å². The second kappa shape index (κ2) is 11.1. The molecule has 0 aliphatic rings. The van der Waals surface area contributed by atoms with Gasteiger partial charge in [0.1, 0.15) is 18.1 Å². The van der Waals surface area contributed by atoms with E-state index in [1.54, 1.807) is 30.3 Å². The summed E-state index contributed by atoms with van der Waals surface area (Å²) in [6.07, 6.45) is 2.63. The van der Waals surface area contributed by atoms with Crippen molar-refractivity contribution in [3.8, 4) is 11.5 Å². The van der Waals surface area contributed by atoms with E-state index in [-0.39, 0.29) is 11.0 Å². The first-order chi connectivity index (χ1) is 13.5. The zero-order valence-electron chi connectivity index (χ0n) is 16.2. The van der Waals surface area contributed by atoms with Gasteiger partial charge in [0.15, 0.2) is 5.11 Å². The van der Waals surface area contributed by atoms with Crippen LogP contribution >= 0.6 is 12.2 Å². The average Bonchev–Trinajstić information content (AvgIpc) is 2.66. The molecule has 0 atom stereocenters. The lowest BCUT2D eigenvalue weighted by molar-refractivity contribution is 0.0977. The molecule has 2 aromatic carbocycles. The van der Waals surface area contributed by atoms with Crippen molar-refractivity contribution in [2.45, 2.75) is 20.3 Å². The third-order valence-corrected chi connectivity index (χ3v) is 3.95. The molecule has 0 spiro atoms. The van der Waals surface area contributed by atoms with Crippen LogP contribution in [-0.2, 0) is 0 Å². The van der Waals surface area contributed by atoms with Crippen LogP contribution in [0.4, 0.5) is 5.69 Å². The maximum Gasteiger partial charge on any atom is 0.257 e. The minimum absolute atomic E-state index is 0.206. The number of ether oxygens (including phenoxy) is 2. The minimum Gasteiger partial charge on any atom is -0.494 e. The van der Waals surface area contributed by atoms with E-state index in [0.717, 1.165) is 12.1 Å². The number of thiocarbonyl (C=S) groups is 1. The molecule has 2 rings (SSSR count). The van der Waals surface area contributed by atoms with E-state index in [1.165, 1.54) is 0 Å². The van der Waals surface area contributed by atoms with E-state index in [9.17, 15) is 4.79 Å². The number of benzene rings is 2. The molecular weight excluding hydrogens is 372 g/mol. The van der Waals surface area contributed by atoms with E-state index in [1.807, 2.05) is 24.3 Å². The monoisotopic (exact) mass is 398 g/mol. The second-order valence-corrected chi connectivity index (χ2v) is 7.00. The smallest absolute Gasteiger partial charge is 0.257 e. The van der Waals surface area contributed by atoms with Crippen molar-refractivity contribution < 1.29 is 14.3 Å². The van der Waals surface area contributed by atoms with Crippen LogP contribution in [0.1, 0.15) is 30.6 Å². The summed E-state index contributed by atoms with van der Waals surface area (Å²) < 4.78 is 11.2. The van der Waals surface area contributed by atoms with Crippen molar-refractivity contribution in [3.63, 3.8) is 0 Å². The molecule has 2 N–H and O–H groups in total. The molecule has 0 aliphatic heterocycles. The predicted molar refractivity (Wildman–Crippen MR) is 117 cm³/mol. The lowest BCUT2D eigenvalue weighted by Gasteiger charge is -2.12. The fourth-order valence-electron chi connectivity index (χ4n) is 2.30. The van der Waals surface area contributed by atoms with Gasteiger partial charge in [-0.15, -0.1) is 0 Å². The SMILES string of the molecule is C=CCOc1cccc(NC(=S)NC(=O)c2cccc(OCCC(C)C)c2)c1. The molecular formula is C22H26N2O3S. The molecule has 0 fully saturated rings. The summed E-state index contributed by atoms with van der Waals surface area (Å²) in [5.41, 5.74) is 1.20. The third-order valence-electron chi connectivity index (χ3n) is 3.75. The fourth-order valence-corrected chi connectivity index (χ4v) is 2.51. The first-order valence-corrected chi connectivity index (χ1v) is 9.57. The van der Waals surface area contributed by atoms with Crippen LogP contribution in [0, 0.1) is 5.92 Å². The average molecular weight is 399 g/mol. The first-order valence-electron chi connectivity index (χ1n) is 9.17. The molecule has 148 valence electrons. The molecule has 1 amide bonds. The lowest BCUT2D eigenvalue weighted by atomic mass is 10.1. The second-order valence-electron chi connectivity index (χ2n) is 6.59. The first kappa shape index (κ1) is 21.4. The normalized spacial score (nSPS) is 10.2. The molecule has 0 radical (unpaired) electrons. The van der Waals surface area contributed by atoms with Crippen molar-refractivity contribution in [2.75, 3.05) is 18.5 Å². The van der Waals surface area contributed by atoms with Crippen molar-refractivity contribution in [1.29, 1.82) is 0 Å². The van der Waals surface area contributed by atoms with Crippen molar-refractivity contribution in [1.82, 2.24) is 5.32 Å². The van der Waals surface area contributed by atoms with E-state index in [2.05, 4.69) is 31.1 Å². The van der Waals surface area contributed by atoms with Gasteiger partial charge in [-0.2, -0.15) is 0 Å². The van der Waals surface area contributed by atoms with Gasteiger partial charge < -0.3 is 14.8 Å². The summed E-state index contributed by atoms with van der Waals surface area (Å²) in [7, 11) is 0. The predicted octanol–water partition coefficient (Wildman–Crippen LogP) is 4.80. The van der Waals surface area contributed by atoms with Crippen LogP contribution in [-0.4, -0.2) is 24.2 Å². The maximum atomic E-state index is 12.5. The summed E-state index contributed by atoms with van der Waals surface area (Å²) in [4.78, 5) is 12.5. The molecule has 0 bridgehead atoms. The number of nitrogens with one attached hydrogen (secondary N) is 2. The zero-order chi connectivity index (χ0) is 20.4. The van der Waals surface area contributed by atoms with Crippen molar-refractivity contribution in [2.24, 2.45) is 5.92 Å². The van der Waals surface area contributed by atoms with E-state index >= 15 is 0 Å². The third kappa shape index (κ3) is 7.40. The Morgan fingerprint density at radius 3 is 2.57 bits per heavy atom. The van der Waals surface area contributed by atoms with Crippen molar-refractivity contribution in [3.05, 3.63) is 66.7 Å². The summed E-state index contributed by atoms with van der Waals surface area (Å²) in [6.45, 7) is 8.94. The topological polar surface area (TPSA) is 59.6 Å². The molecule has 0 saturated carbocycles. The van der Waals surface area contributed by atoms with Gasteiger partial charge in [0, 0.05) is 17.3 Å². The van der Waals surface area contributed by atoms with Gasteiger partial charge in [-0.3, -0.25) is 10.1 Å². The van der Waals surface area contributed by atoms with Gasteiger partial charge in [0.05, 0.1) is 6.61 Å². The molecule has 0 unspecified atom stereocenters. The Kier molecular flexibility index (Phi) is 8.49. The van der Waals surface area contributed by atoms with Gasteiger partial charge in [0.25, 0.3) is 5.91 Å². The Labute approximate surface area is 171 Å². The van der Waals surface area contributed by atoms with Crippen molar-refractivity contribution >= 4 is 28.9 Å². The number of rotatable bonds is 9. The fraction of sp³-hybridized carbons (Fsp3) is 0.273. The van der Waals surface area contributed by atoms with Gasteiger partial charge in [-0.1, -0.05) is 38.6 Å². The molecule has 2 aromatic rings. The molecule has 0 aromatic heterocycles. The number of amides is 1. The molecule has 5 nitrogen and oxygen atoms in total. The van der Waals surface area contributed by atoms with Gasteiger partial charge >= 0.3 is 0 Å². The largest absolute Gasteiger partial charge is 0.494 e. The van der Waals surface area contributed by atoms with E-state index < -0.39 is 0 Å². The maximum absolute atomic E-state index is 12.5. The minimum atomic E-state index is -0.300. The Morgan fingerprint density at radius 2 is 1.86 bits per heavy atom. The van der Waals surface area contributed by atoms with Crippen LogP contribution < -0.4 is 20.1 Å². The summed E-state index contributed by atoms with van der Waals surface area (Å²) >= 11 is 5.24. The van der Waals surface area contributed by atoms with Crippen LogP contribution in [0.25, 0.3) is 0 Å².